The van der Waals surface area contributed by atoms with Gasteiger partial charge in [-0.25, -0.2) is 0 Å². The molecule has 1 aromatic carbocycles. The van der Waals surface area contributed by atoms with Crippen LogP contribution >= 0.6 is 0 Å². The van der Waals surface area contributed by atoms with Gasteiger partial charge in [-0.3, -0.25) is 4.98 Å². The average molecular weight is 373 g/mol. The lowest BCUT2D eigenvalue weighted by Gasteiger charge is -2.18. The number of rotatable bonds is 7. The first kappa shape index (κ1) is 21.9. The maximum atomic E-state index is 6.31. The van der Waals surface area contributed by atoms with E-state index in [9.17, 15) is 0 Å². The number of aryl methyl sites for hydroxylation is 2. The van der Waals surface area contributed by atoms with Crippen molar-refractivity contribution in [3.05, 3.63) is 95.8 Å². The summed E-state index contributed by atoms with van der Waals surface area (Å²) in [6.07, 6.45) is 14.6. The van der Waals surface area contributed by atoms with Crippen LogP contribution in [0.3, 0.4) is 0 Å². The zero-order valence-electron chi connectivity index (χ0n) is 17.5. The number of aromatic nitrogens is 1. The normalized spacial score (nSPS) is 12.6. The third-order valence-electron chi connectivity index (χ3n) is 4.85. The molecule has 1 heterocycles. The molecular formula is C25H32BNO. The van der Waals surface area contributed by atoms with E-state index in [2.05, 4.69) is 80.0 Å². The summed E-state index contributed by atoms with van der Waals surface area (Å²) in [5.74, 6) is 0. The van der Waals surface area contributed by atoms with Crippen LogP contribution < -0.4 is 5.46 Å². The minimum absolute atomic E-state index is 0.0318. The molecule has 3 heteroatoms. The maximum Gasteiger partial charge on any atom is 0.361 e. The topological polar surface area (TPSA) is 22.1 Å². The summed E-state index contributed by atoms with van der Waals surface area (Å²) < 4.78 is 6.31. The lowest BCUT2D eigenvalue weighted by atomic mass is 9.53. The fourth-order valence-corrected chi connectivity index (χ4v) is 3.22. The van der Waals surface area contributed by atoms with E-state index in [1.54, 1.807) is 6.08 Å². The minimum Gasteiger partial charge on any atom is -0.427 e. The van der Waals surface area contributed by atoms with Crippen molar-refractivity contribution in [2.45, 2.75) is 46.5 Å². The van der Waals surface area contributed by atoms with Crippen molar-refractivity contribution < 1.29 is 4.65 Å². The van der Waals surface area contributed by atoms with Crippen LogP contribution in [0.1, 0.15) is 43.0 Å². The highest BCUT2D eigenvalue weighted by atomic mass is 16.4. The summed E-state index contributed by atoms with van der Waals surface area (Å²) in [5, 5.41) is 0. The summed E-state index contributed by atoms with van der Waals surface area (Å²) >= 11 is 0. The third-order valence-corrected chi connectivity index (χ3v) is 4.85. The molecule has 0 saturated heterocycles. The lowest BCUT2D eigenvalue weighted by Crippen LogP contribution is -2.36. The van der Waals surface area contributed by atoms with Crippen molar-refractivity contribution in [2.24, 2.45) is 0 Å². The van der Waals surface area contributed by atoms with Gasteiger partial charge >= 0.3 is 6.92 Å². The Balaban J connectivity index is 0.000000878. The fraction of sp³-hybridized carbons (Fsp3) is 0.320. The minimum atomic E-state index is 0.0318. The molecule has 2 nitrogen and oxygen atoms in total. The zero-order valence-corrected chi connectivity index (χ0v) is 17.5. The van der Waals surface area contributed by atoms with Crippen molar-refractivity contribution in [1.82, 2.24) is 4.98 Å². The van der Waals surface area contributed by atoms with Crippen LogP contribution in [0, 0.1) is 13.8 Å². The molecule has 1 aromatic heterocycles. The Kier molecular flexibility index (Phi) is 9.51. The number of nitrogens with zero attached hydrogens (tertiary/aromatic N) is 1. The largest absolute Gasteiger partial charge is 0.427 e. The second-order valence-corrected chi connectivity index (χ2v) is 7.06. The van der Waals surface area contributed by atoms with Crippen LogP contribution in [0.5, 0.6) is 0 Å². The van der Waals surface area contributed by atoms with E-state index in [0.29, 0.717) is 0 Å². The molecule has 0 unspecified atom stereocenters. The summed E-state index contributed by atoms with van der Waals surface area (Å²) in [7, 11) is 0. The number of hydrogen-bond donors (Lipinski definition) is 0. The maximum absolute atomic E-state index is 6.31. The molecule has 0 spiro atoms. The average Bonchev–Trinajstić information content (AvgIpc) is 2.73. The Bertz CT molecular complexity index is 795. The van der Waals surface area contributed by atoms with Gasteiger partial charge < -0.3 is 4.65 Å². The van der Waals surface area contributed by atoms with Crippen molar-refractivity contribution in [3.8, 4) is 0 Å². The third kappa shape index (κ3) is 6.65. The highest BCUT2D eigenvalue weighted by Gasteiger charge is 2.22. The van der Waals surface area contributed by atoms with Gasteiger partial charge in [0.25, 0.3) is 0 Å². The highest BCUT2D eigenvalue weighted by Crippen LogP contribution is 2.15. The molecule has 1 aliphatic rings. The zero-order chi connectivity index (χ0) is 20.2. The van der Waals surface area contributed by atoms with Gasteiger partial charge in [-0.2, -0.15) is 0 Å². The smallest absolute Gasteiger partial charge is 0.361 e. The second kappa shape index (κ2) is 12.1. The molecule has 146 valence electrons. The molecule has 0 radical (unpaired) electrons. The first-order valence-corrected chi connectivity index (χ1v) is 10.2. The molecule has 0 saturated carbocycles. The van der Waals surface area contributed by atoms with E-state index < -0.39 is 0 Å². The Labute approximate surface area is 171 Å². The lowest BCUT2D eigenvalue weighted by molar-refractivity contribution is 0.323. The summed E-state index contributed by atoms with van der Waals surface area (Å²) in [6.45, 7) is 10.3. The number of benzene rings is 1. The predicted molar refractivity (Wildman–Crippen MR) is 122 cm³/mol. The molecular weight excluding hydrogens is 341 g/mol. The van der Waals surface area contributed by atoms with Crippen molar-refractivity contribution in [1.29, 1.82) is 0 Å². The monoisotopic (exact) mass is 373 g/mol. The van der Waals surface area contributed by atoms with Crippen LogP contribution in [-0.2, 0) is 11.1 Å². The van der Waals surface area contributed by atoms with Gasteiger partial charge in [0.05, 0.1) is 0 Å². The first-order chi connectivity index (χ1) is 13.7. The molecule has 0 amide bonds. The van der Waals surface area contributed by atoms with Gasteiger partial charge in [0.2, 0.25) is 0 Å². The van der Waals surface area contributed by atoms with Crippen LogP contribution in [0.4, 0.5) is 0 Å². The second-order valence-electron chi connectivity index (χ2n) is 7.06. The van der Waals surface area contributed by atoms with E-state index in [0.717, 1.165) is 32.3 Å². The molecule has 3 rings (SSSR count). The van der Waals surface area contributed by atoms with Gasteiger partial charge in [0.1, 0.15) is 0 Å². The standard InChI is InChI=1S/C22H26BNO.C3H6/c1-18-15-16-24-22(19(18)2)14-9-17-25-23(20-10-5-3-6-11-20)21-12-7-4-8-13-21;1-3-2/h3,5-7,10-13,15-16H,4,8-9,14,17H2,1-2H3;3H,1H2,2H3. The molecule has 0 fully saturated rings. The molecule has 1 aliphatic carbocycles. The molecule has 0 atom stereocenters. The first-order valence-electron chi connectivity index (χ1n) is 10.2. The molecule has 0 aliphatic heterocycles. The van der Waals surface area contributed by atoms with Gasteiger partial charge in [0.15, 0.2) is 0 Å². The van der Waals surface area contributed by atoms with Crippen LogP contribution in [0.15, 0.2) is 79.0 Å². The van der Waals surface area contributed by atoms with Crippen molar-refractivity contribution >= 4 is 12.4 Å². The molecule has 2 aromatic rings. The van der Waals surface area contributed by atoms with E-state index in [-0.39, 0.29) is 6.92 Å². The van der Waals surface area contributed by atoms with Crippen LogP contribution in [-0.4, -0.2) is 18.5 Å². The number of allylic oxidation sites excluding steroid dienone is 5. The Morgan fingerprint density at radius 2 is 1.89 bits per heavy atom. The van der Waals surface area contributed by atoms with E-state index in [1.807, 2.05) is 13.1 Å². The predicted octanol–water partition coefficient (Wildman–Crippen LogP) is 5.55. The van der Waals surface area contributed by atoms with Crippen LogP contribution in [0.2, 0.25) is 0 Å². The highest BCUT2D eigenvalue weighted by molar-refractivity contribution is 6.75. The fourth-order valence-electron chi connectivity index (χ4n) is 3.22. The summed E-state index contributed by atoms with van der Waals surface area (Å²) in [6, 6.07) is 12.6. The van der Waals surface area contributed by atoms with Gasteiger partial charge in [-0.15, -0.1) is 6.58 Å². The van der Waals surface area contributed by atoms with Crippen LogP contribution in [0.25, 0.3) is 0 Å². The van der Waals surface area contributed by atoms with E-state index in [4.69, 9.17) is 4.65 Å². The van der Waals surface area contributed by atoms with Crippen molar-refractivity contribution in [3.63, 3.8) is 0 Å². The Hall–Kier alpha value is -2.39. The molecule has 0 N–H and O–H groups in total. The van der Waals surface area contributed by atoms with Gasteiger partial charge in [-0.1, -0.05) is 54.6 Å². The quantitative estimate of drug-likeness (QED) is 0.360. The SMILES string of the molecule is C=CC.Cc1ccnc(CCCOB(C2=CCCC=C2)c2ccccc2)c1C. The van der Waals surface area contributed by atoms with E-state index >= 15 is 0 Å². The number of pyridine rings is 1. The van der Waals surface area contributed by atoms with E-state index in [1.165, 1.54) is 27.8 Å². The summed E-state index contributed by atoms with van der Waals surface area (Å²) in [4.78, 5) is 4.53. The summed E-state index contributed by atoms with van der Waals surface area (Å²) in [5.41, 5.74) is 6.31. The molecule has 28 heavy (non-hydrogen) atoms. The van der Waals surface area contributed by atoms with Crippen molar-refractivity contribution in [2.75, 3.05) is 6.61 Å². The van der Waals surface area contributed by atoms with Gasteiger partial charge in [0, 0.05) is 18.5 Å². The molecule has 0 bridgehead atoms. The Morgan fingerprint density at radius 3 is 2.57 bits per heavy atom. The van der Waals surface area contributed by atoms with Gasteiger partial charge in [-0.05, 0) is 74.6 Å². The number of hydrogen-bond acceptors (Lipinski definition) is 2. The Morgan fingerprint density at radius 1 is 1.14 bits per heavy atom.